The molecule has 5 aliphatic rings. The second kappa shape index (κ2) is 7.58. The van der Waals surface area contributed by atoms with Gasteiger partial charge in [-0.1, -0.05) is 53.2 Å². The van der Waals surface area contributed by atoms with Crippen LogP contribution in [0.2, 0.25) is 0 Å². The van der Waals surface area contributed by atoms with Crippen molar-refractivity contribution >= 4 is 5.97 Å². The summed E-state index contributed by atoms with van der Waals surface area (Å²) in [6.07, 6.45) is 4.02. The summed E-state index contributed by atoms with van der Waals surface area (Å²) in [6, 6.07) is 0. The minimum Gasteiger partial charge on any atom is -0.481 e. The third kappa shape index (κ3) is 2.80. The molecule has 0 bridgehead atoms. The molecule has 5 N–H and O–H groups in total. The largest absolute Gasteiger partial charge is 0.481 e. The Balaban J connectivity index is 1.67. The van der Waals surface area contributed by atoms with E-state index in [1.807, 2.05) is 27.7 Å². The van der Waals surface area contributed by atoms with E-state index >= 15 is 0 Å². The van der Waals surface area contributed by atoms with Gasteiger partial charge in [-0.25, -0.2) is 0 Å². The summed E-state index contributed by atoms with van der Waals surface area (Å²) in [5.41, 5.74) is -2.63. The SMILES string of the molecule is C[C@@H]1CC[C@]2(C(=O)O)CC[C@]3(C)C(=CC[C@@H]4[C@@]5(C)[C@H](O)[C@H](O)[C@@H](O)C(C)(C)[C@H]5CC[C@]43C)[C@@H]2[C@]1(C)O. The summed E-state index contributed by atoms with van der Waals surface area (Å²) >= 11 is 0. The summed E-state index contributed by atoms with van der Waals surface area (Å²) in [4.78, 5) is 12.8. The predicted octanol–water partition coefficient (Wildman–Crippen LogP) is 4.15. The quantitative estimate of drug-likeness (QED) is 0.343. The number of carboxylic acids is 1. The minimum atomic E-state index is -1.20. The van der Waals surface area contributed by atoms with Crippen molar-refractivity contribution in [2.24, 2.45) is 50.7 Å². The lowest BCUT2D eigenvalue weighted by Gasteiger charge is -2.72. The lowest BCUT2D eigenvalue weighted by atomic mass is 9.32. The van der Waals surface area contributed by atoms with E-state index in [0.29, 0.717) is 25.7 Å². The zero-order valence-electron chi connectivity index (χ0n) is 23.2. The molecule has 0 aromatic heterocycles. The van der Waals surface area contributed by atoms with Crippen LogP contribution in [0.15, 0.2) is 11.6 Å². The first-order valence-corrected chi connectivity index (χ1v) is 14.1. The zero-order chi connectivity index (χ0) is 26.9. The Morgan fingerprint density at radius 1 is 0.889 bits per heavy atom. The van der Waals surface area contributed by atoms with Gasteiger partial charge < -0.3 is 25.5 Å². The normalized spacial score (nSPS) is 58.0. The average molecular weight is 505 g/mol. The second-order valence-electron chi connectivity index (χ2n) is 14.9. The first-order valence-electron chi connectivity index (χ1n) is 14.1. The molecule has 0 spiro atoms. The van der Waals surface area contributed by atoms with Crippen LogP contribution in [0.25, 0.3) is 0 Å². The Morgan fingerprint density at radius 3 is 2.14 bits per heavy atom. The Morgan fingerprint density at radius 2 is 1.53 bits per heavy atom. The number of carbonyl (C=O) groups is 1. The molecule has 204 valence electrons. The molecular weight excluding hydrogens is 456 g/mol. The highest BCUT2D eigenvalue weighted by Gasteiger charge is 2.73. The van der Waals surface area contributed by atoms with E-state index in [1.165, 1.54) is 0 Å². The molecule has 4 fully saturated rings. The van der Waals surface area contributed by atoms with Crippen molar-refractivity contribution in [3.8, 4) is 0 Å². The molecular formula is C30H48O6. The van der Waals surface area contributed by atoms with Crippen LogP contribution in [-0.2, 0) is 4.79 Å². The van der Waals surface area contributed by atoms with E-state index < -0.39 is 52.0 Å². The summed E-state index contributed by atoms with van der Waals surface area (Å²) in [6.45, 7) is 14.7. The van der Waals surface area contributed by atoms with E-state index in [0.717, 1.165) is 24.8 Å². The average Bonchev–Trinajstić information content (AvgIpc) is 2.79. The number of rotatable bonds is 1. The van der Waals surface area contributed by atoms with Gasteiger partial charge in [0.2, 0.25) is 0 Å². The van der Waals surface area contributed by atoms with Crippen LogP contribution in [0.5, 0.6) is 0 Å². The molecule has 0 unspecified atom stereocenters. The highest BCUT2D eigenvalue weighted by molar-refractivity contribution is 5.77. The van der Waals surface area contributed by atoms with E-state index in [-0.39, 0.29) is 28.6 Å². The van der Waals surface area contributed by atoms with Crippen molar-refractivity contribution in [2.75, 3.05) is 0 Å². The molecule has 6 heteroatoms. The predicted molar refractivity (Wildman–Crippen MR) is 137 cm³/mol. The lowest BCUT2D eigenvalue weighted by Crippen LogP contribution is -2.72. The molecule has 12 atom stereocenters. The van der Waals surface area contributed by atoms with Crippen LogP contribution in [0.3, 0.4) is 0 Å². The van der Waals surface area contributed by atoms with Crippen LogP contribution in [0.4, 0.5) is 0 Å². The molecule has 0 aliphatic heterocycles. The first-order chi connectivity index (χ1) is 16.4. The van der Waals surface area contributed by atoms with Crippen molar-refractivity contribution in [1.82, 2.24) is 0 Å². The van der Waals surface area contributed by atoms with E-state index in [9.17, 15) is 30.3 Å². The highest BCUT2D eigenvalue weighted by Crippen LogP contribution is 2.76. The number of aliphatic hydroxyl groups is 4. The van der Waals surface area contributed by atoms with Gasteiger partial charge in [0.05, 0.1) is 23.2 Å². The van der Waals surface area contributed by atoms with Crippen LogP contribution < -0.4 is 0 Å². The fourth-order valence-corrected chi connectivity index (χ4v) is 10.9. The molecule has 36 heavy (non-hydrogen) atoms. The molecule has 4 saturated carbocycles. The molecule has 0 radical (unpaired) electrons. The number of carboxylic acid groups (broad SMARTS) is 1. The van der Waals surface area contributed by atoms with Crippen molar-refractivity contribution in [3.05, 3.63) is 11.6 Å². The molecule has 6 nitrogen and oxygen atoms in total. The van der Waals surface area contributed by atoms with Crippen molar-refractivity contribution in [2.45, 2.75) is 117 Å². The van der Waals surface area contributed by atoms with Gasteiger partial charge in [-0.3, -0.25) is 4.79 Å². The summed E-state index contributed by atoms with van der Waals surface area (Å²) < 4.78 is 0. The Hall–Kier alpha value is -0.950. The molecule has 5 rings (SSSR count). The summed E-state index contributed by atoms with van der Waals surface area (Å²) in [5.74, 6) is -1.10. The van der Waals surface area contributed by atoms with Gasteiger partial charge in [0.25, 0.3) is 0 Å². The summed E-state index contributed by atoms with van der Waals surface area (Å²) in [5, 5.41) is 55.9. The highest BCUT2D eigenvalue weighted by atomic mass is 16.4. The number of hydrogen-bond donors (Lipinski definition) is 5. The van der Waals surface area contributed by atoms with Crippen molar-refractivity contribution < 1.29 is 30.3 Å². The molecule has 5 aliphatic carbocycles. The third-order valence-corrected chi connectivity index (χ3v) is 13.6. The maximum Gasteiger partial charge on any atom is 0.310 e. The van der Waals surface area contributed by atoms with Crippen LogP contribution in [0.1, 0.15) is 93.4 Å². The van der Waals surface area contributed by atoms with Gasteiger partial charge in [0.15, 0.2) is 0 Å². The maximum atomic E-state index is 12.8. The van der Waals surface area contributed by atoms with E-state index in [2.05, 4.69) is 26.8 Å². The standard InChI is InChI=1S/C30H48O6/c1-16-10-13-30(24(34)35)15-14-26(4)17(21(30)29(16,7)36)8-9-19-27(26,5)12-11-18-25(2,3)22(32)20(31)23(33)28(18,19)6/h8,16,18-23,31-33,36H,9-15H2,1-7H3,(H,34,35)/t16-,18-,19+,20-,21-,22-,23-,26-,27-,28+,29-,30+/m1/s1. The van der Waals surface area contributed by atoms with Crippen LogP contribution >= 0.6 is 0 Å². The fraction of sp³-hybridized carbons (Fsp3) is 0.900. The zero-order valence-corrected chi connectivity index (χ0v) is 23.2. The molecule has 0 aromatic carbocycles. The van der Waals surface area contributed by atoms with Crippen LogP contribution in [-0.4, -0.2) is 55.4 Å². The first kappa shape index (κ1) is 26.6. The van der Waals surface area contributed by atoms with Crippen molar-refractivity contribution in [1.29, 1.82) is 0 Å². The monoisotopic (exact) mass is 504 g/mol. The molecule has 0 aromatic rings. The second-order valence-corrected chi connectivity index (χ2v) is 14.9. The molecule has 0 saturated heterocycles. The van der Waals surface area contributed by atoms with E-state index in [1.54, 1.807) is 0 Å². The van der Waals surface area contributed by atoms with Gasteiger partial charge in [0, 0.05) is 11.3 Å². The van der Waals surface area contributed by atoms with Crippen LogP contribution in [0, 0.1) is 50.7 Å². The number of aliphatic carboxylic acids is 1. The van der Waals surface area contributed by atoms with Gasteiger partial charge in [0.1, 0.15) is 6.10 Å². The summed E-state index contributed by atoms with van der Waals surface area (Å²) in [7, 11) is 0. The molecule has 0 amide bonds. The van der Waals surface area contributed by atoms with Gasteiger partial charge in [-0.2, -0.15) is 0 Å². The van der Waals surface area contributed by atoms with E-state index in [4.69, 9.17) is 0 Å². The smallest absolute Gasteiger partial charge is 0.310 e. The topological polar surface area (TPSA) is 118 Å². The number of hydrogen-bond acceptors (Lipinski definition) is 5. The number of fused-ring (bicyclic) bond motifs is 7. The minimum absolute atomic E-state index is 0.00890. The Bertz CT molecular complexity index is 986. The Labute approximate surface area is 216 Å². The Kier molecular flexibility index (Phi) is 5.61. The number of aliphatic hydroxyl groups excluding tert-OH is 3. The molecule has 0 heterocycles. The maximum absolute atomic E-state index is 12.8. The number of allylic oxidation sites excluding steroid dienone is 1. The van der Waals surface area contributed by atoms with Crippen molar-refractivity contribution in [3.63, 3.8) is 0 Å². The fourth-order valence-electron chi connectivity index (χ4n) is 10.9. The van der Waals surface area contributed by atoms with Gasteiger partial charge >= 0.3 is 5.97 Å². The lowest BCUT2D eigenvalue weighted by molar-refractivity contribution is -0.279. The third-order valence-electron chi connectivity index (χ3n) is 13.6. The van der Waals surface area contributed by atoms with Gasteiger partial charge in [-0.15, -0.1) is 0 Å². The van der Waals surface area contributed by atoms with Gasteiger partial charge in [-0.05, 0) is 85.9 Å².